The molecule has 0 saturated carbocycles. The summed E-state index contributed by atoms with van der Waals surface area (Å²) < 4.78 is 7.41. The lowest BCUT2D eigenvalue weighted by Crippen LogP contribution is -2.25. The molecule has 0 bridgehead atoms. The number of para-hydroxylation sites is 1. The Hall–Kier alpha value is -3.34. The first-order chi connectivity index (χ1) is 12.2. The van der Waals surface area contributed by atoms with E-state index in [2.05, 4.69) is 10.5 Å². The molecular formula is C20H19N3O2. The summed E-state index contributed by atoms with van der Waals surface area (Å²) in [6, 6.07) is 21.1. The summed E-state index contributed by atoms with van der Waals surface area (Å²) in [6.45, 7) is 1.77. The first-order valence-electron chi connectivity index (χ1n) is 7.97. The largest absolute Gasteiger partial charge is 0.484 e. The molecule has 3 aromatic rings. The first kappa shape index (κ1) is 16.5. The molecule has 0 fully saturated rings. The molecule has 0 radical (unpaired) electrons. The van der Waals surface area contributed by atoms with Crippen LogP contribution in [0.5, 0.6) is 5.75 Å². The van der Waals surface area contributed by atoms with Crippen molar-refractivity contribution in [2.45, 2.75) is 6.92 Å². The number of nitrogens with zero attached hydrogens (tertiary/aromatic N) is 2. The Balaban J connectivity index is 1.55. The minimum Gasteiger partial charge on any atom is -0.484 e. The molecule has 0 spiro atoms. The van der Waals surface area contributed by atoms with Crippen LogP contribution in [0.2, 0.25) is 0 Å². The van der Waals surface area contributed by atoms with Gasteiger partial charge in [0.25, 0.3) is 5.91 Å². The van der Waals surface area contributed by atoms with E-state index in [1.807, 2.05) is 78.5 Å². The molecule has 0 saturated heterocycles. The Bertz CT molecular complexity index is 838. The van der Waals surface area contributed by atoms with Gasteiger partial charge in [0.05, 0.1) is 5.71 Å². The van der Waals surface area contributed by atoms with E-state index in [1.54, 1.807) is 12.1 Å². The molecule has 0 aliphatic carbocycles. The summed E-state index contributed by atoms with van der Waals surface area (Å²) >= 11 is 0. The molecule has 1 amide bonds. The zero-order valence-corrected chi connectivity index (χ0v) is 13.9. The van der Waals surface area contributed by atoms with Gasteiger partial charge in [0.2, 0.25) is 0 Å². The minimum atomic E-state index is -0.299. The van der Waals surface area contributed by atoms with Crippen molar-refractivity contribution in [3.05, 3.63) is 84.7 Å². The van der Waals surface area contributed by atoms with Gasteiger partial charge in [-0.05, 0) is 48.9 Å². The van der Waals surface area contributed by atoms with Crippen molar-refractivity contribution >= 4 is 11.6 Å². The second kappa shape index (κ2) is 7.97. The van der Waals surface area contributed by atoms with Gasteiger partial charge in [-0.15, -0.1) is 0 Å². The van der Waals surface area contributed by atoms with E-state index in [9.17, 15) is 4.79 Å². The number of nitrogens with one attached hydrogen (secondary N) is 1. The van der Waals surface area contributed by atoms with E-state index in [0.717, 1.165) is 17.0 Å². The number of hydrazone groups is 1. The number of ether oxygens (including phenoxy) is 1. The van der Waals surface area contributed by atoms with Crippen molar-refractivity contribution in [3.8, 4) is 11.4 Å². The van der Waals surface area contributed by atoms with Crippen LogP contribution >= 0.6 is 0 Å². The Labute approximate surface area is 146 Å². The maximum atomic E-state index is 11.8. The fourth-order valence-electron chi connectivity index (χ4n) is 2.29. The van der Waals surface area contributed by atoms with Gasteiger partial charge in [-0.1, -0.05) is 30.3 Å². The molecule has 0 atom stereocenters. The van der Waals surface area contributed by atoms with E-state index in [0.29, 0.717) is 5.75 Å². The average Bonchev–Trinajstić information content (AvgIpc) is 3.20. The molecule has 0 aliphatic rings. The smallest absolute Gasteiger partial charge is 0.277 e. The summed E-state index contributed by atoms with van der Waals surface area (Å²) in [7, 11) is 0. The van der Waals surface area contributed by atoms with Crippen molar-refractivity contribution in [1.82, 2.24) is 9.99 Å². The molecular weight excluding hydrogens is 314 g/mol. The summed E-state index contributed by atoms with van der Waals surface area (Å²) in [5.74, 6) is 0.353. The lowest BCUT2D eigenvalue weighted by atomic mass is 10.1. The number of amides is 1. The van der Waals surface area contributed by atoms with Crippen LogP contribution in [0.25, 0.3) is 5.69 Å². The Morgan fingerprint density at radius 2 is 1.68 bits per heavy atom. The van der Waals surface area contributed by atoms with Gasteiger partial charge in [0, 0.05) is 18.1 Å². The van der Waals surface area contributed by atoms with Crippen LogP contribution < -0.4 is 10.2 Å². The van der Waals surface area contributed by atoms with Crippen LogP contribution in [0.15, 0.2) is 84.2 Å². The summed E-state index contributed by atoms with van der Waals surface area (Å²) in [5, 5.41) is 4.13. The van der Waals surface area contributed by atoms with Crippen LogP contribution in [0.4, 0.5) is 0 Å². The lowest BCUT2D eigenvalue weighted by Gasteiger charge is -2.07. The SMILES string of the molecule is C/C(=N\NC(=O)COc1ccccc1)c1ccc(-n2cccc2)cc1. The number of hydrogen-bond acceptors (Lipinski definition) is 3. The number of benzene rings is 2. The molecule has 5 nitrogen and oxygen atoms in total. The Kier molecular flexibility index (Phi) is 5.26. The van der Waals surface area contributed by atoms with Gasteiger partial charge in [-0.2, -0.15) is 5.10 Å². The summed E-state index contributed by atoms with van der Waals surface area (Å²) in [5.41, 5.74) is 5.26. The molecule has 126 valence electrons. The quantitative estimate of drug-likeness (QED) is 0.555. The normalized spacial score (nSPS) is 11.2. The van der Waals surface area contributed by atoms with Crippen LogP contribution in [-0.2, 0) is 4.79 Å². The summed E-state index contributed by atoms with van der Waals surface area (Å²) in [6.07, 6.45) is 3.98. The minimum absolute atomic E-state index is 0.0760. The molecule has 0 aliphatic heterocycles. The van der Waals surface area contributed by atoms with Crippen LogP contribution in [0, 0.1) is 0 Å². The second-order valence-electron chi connectivity index (χ2n) is 5.47. The summed E-state index contributed by atoms with van der Waals surface area (Å²) in [4.78, 5) is 11.8. The van der Waals surface area contributed by atoms with Gasteiger partial charge < -0.3 is 9.30 Å². The average molecular weight is 333 g/mol. The van der Waals surface area contributed by atoms with Crippen molar-refractivity contribution in [3.63, 3.8) is 0 Å². The molecule has 5 heteroatoms. The molecule has 0 unspecified atom stereocenters. The van der Waals surface area contributed by atoms with Gasteiger partial charge in [0.15, 0.2) is 6.61 Å². The highest BCUT2D eigenvalue weighted by atomic mass is 16.5. The molecule has 2 aromatic carbocycles. The zero-order valence-electron chi connectivity index (χ0n) is 13.9. The van der Waals surface area contributed by atoms with Crippen molar-refractivity contribution in [2.24, 2.45) is 5.10 Å². The maximum Gasteiger partial charge on any atom is 0.277 e. The number of carbonyl (C=O) groups is 1. The Morgan fingerprint density at radius 1 is 1.00 bits per heavy atom. The van der Waals surface area contributed by atoms with Crippen molar-refractivity contribution in [1.29, 1.82) is 0 Å². The molecule has 1 heterocycles. The highest BCUT2D eigenvalue weighted by Gasteiger charge is 2.03. The fourth-order valence-corrected chi connectivity index (χ4v) is 2.29. The fraction of sp³-hybridized carbons (Fsp3) is 0.100. The van der Waals surface area contributed by atoms with Crippen LogP contribution in [0.1, 0.15) is 12.5 Å². The van der Waals surface area contributed by atoms with E-state index in [-0.39, 0.29) is 12.5 Å². The molecule has 1 N–H and O–H groups in total. The Morgan fingerprint density at radius 3 is 2.36 bits per heavy atom. The van der Waals surface area contributed by atoms with Gasteiger partial charge >= 0.3 is 0 Å². The van der Waals surface area contributed by atoms with Crippen molar-refractivity contribution in [2.75, 3.05) is 6.61 Å². The standard InChI is InChI=1S/C20H19N3O2/c1-16(17-9-11-18(12-10-17)23-13-5-6-14-23)21-22-20(24)15-25-19-7-3-2-4-8-19/h2-14H,15H2,1H3,(H,22,24)/b21-16+. The number of aromatic nitrogens is 1. The molecule has 25 heavy (non-hydrogen) atoms. The second-order valence-corrected chi connectivity index (χ2v) is 5.47. The van der Waals surface area contributed by atoms with E-state index in [4.69, 9.17) is 4.74 Å². The van der Waals surface area contributed by atoms with Gasteiger partial charge in [-0.3, -0.25) is 4.79 Å². The van der Waals surface area contributed by atoms with Crippen molar-refractivity contribution < 1.29 is 9.53 Å². The van der Waals surface area contributed by atoms with Gasteiger partial charge in [0.1, 0.15) is 5.75 Å². The van der Waals surface area contributed by atoms with Crippen LogP contribution in [0.3, 0.4) is 0 Å². The molecule has 3 rings (SSSR count). The van der Waals surface area contributed by atoms with E-state index in [1.165, 1.54) is 0 Å². The third-order valence-electron chi connectivity index (χ3n) is 3.65. The van der Waals surface area contributed by atoms with Gasteiger partial charge in [-0.25, -0.2) is 5.43 Å². The first-order valence-corrected chi connectivity index (χ1v) is 7.97. The maximum absolute atomic E-state index is 11.8. The highest BCUT2D eigenvalue weighted by Crippen LogP contribution is 2.11. The predicted octanol–water partition coefficient (Wildman–Crippen LogP) is 3.40. The number of carbonyl (C=O) groups excluding carboxylic acids is 1. The zero-order chi connectivity index (χ0) is 17.5. The van der Waals surface area contributed by atoms with E-state index >= 15 is 0 Å². The highest BCUT2D eigenvalue weighted by molar-refractivity contribution is 5.99. The number of hydrogen-bond donors (Lipinski definition) is 1. The monoisotopic (exact) mass is 333 g/mol. The topological polar surface area (TPSA) is 55.6 Å². The third kappa shape index (κ3) is 4.57. The lowest BCUT2D eigenvalue weighted by molar-refractivity contribution is -0.123. The van der Waals surface area contributed by atoms with Crippen LogP contribution in [-0.4, -0.2) is 22.8 Å². The number of rotatable bonds is 6. The predicted molar refractivity (Wildman–Crippen MR) is 98.1 cm³/mol. The van der Waals surface area contributed by atoms with E-state index < -0.39 is 0 Å². The molecule has 1 aromatic heterocycles. The third-order valence-corrected chi connectivity index (χ3v) is 3.65.